The number of benzene rings is 1. The van der Waals surface area contributed by atoms with Gasteiger partial charge in [-0.15, -0.1) is 0 Å². The molecule has 0 fully saturated rings. The summed E-state index contributed by atoms with van der Waals surface area (Å²) in [5.74, 6) is -1.09. The van der Waals surface area contributed by atoms with Crippen LogP contribution in [0.3, 0.4) is 0 Å². The number of carbonyl (C=O) groups excluding carboxylic acids is 2. The van der Waals surface area contributed by atoms with Crippen LogP contribution in [-0.2, 0) is 4.74 Å². The molecule has 0 bridgehead atoms. The molecule has 2 N–H and O–H groups in total. The van der Waals surface area contributed by atoms with Crippen LogP contribution < -0.4 is 5.73 Å². The summed E-state index contributed by atoms with van der Waals surface area (Å²) in [5.41, 5.74) is 5.96. The van der Waals surface area contributed by atoms with Gasteiger partial charge in [-0.25, -0.2) is 4.79 Å². The highest BCUT2D eigenvalue weighted by Crippen LogP contribution is 2.20. The van der Waals surface area contributed by atoms with Crippen LogP contribution in [0.25, 0.3) is 0 Å². The number of ether oxygens (including phenoxy) is 1. The third kappa shape index (κ3) is 6.47. The minimum Gasteiger partial charge on any atom is -0.444 e. The van der Waals surface area contributed by atoms with E-state index in [1.807, 2.05) is 0 Å². The Morgan fingerprint density at radius 2 is 1.75 bits per heavy atom. The molecule has 1 atom stereocenters. The second-order valence-electron chi connectivity index (χ2n) is 5.89. The Kier molecular flexibility index (Phi) is 6.62. The molecule has 0 spiro atoms. The van der Waals surface area contributed by atoms with E-state index in [0.717, 1.165) is 5.56 Å². The smallest absolute Gasteiger partial charge is 0.406 e. The molecule has 134 valence electrons. The zero-order valence-corrected chi connectivity index (χ0v) is 13.8. The molecule has 24 heavy (non-hydrogen) atoms. The Hall–Kier alpha value is -2.25. The number of nitrogens with zero attached hydrogens (tertiary/aromatic N) is 1. The van der Waals surface area contributed by atoms with Crippen molar-refractivity contribution in [1.82, 2.24) is 4.90 Å². The van der Waals surface area contributed by atoms with E-state index in [1.54, 1.807) is 32.9 Å². The summed E-state index contributed by atoms with van der Waals surface area (Å²) >= 11 is 0. The Morgan fingerprint density at radius 1 is 1.21 bits per heavy atom. The fourth-order valence-electron chi connectivity index (χ4n) is 2.06. The van der Waals surface area contributed by atoms with Gasteiger partial charge in [-0.1, -0.05) is 31.5 Å². The minimum absolute atomic E-state index is 0.131. The summed E-state index contributed by atoms with van der Waals surface area (Å²) < 4.78 is 43.3. The quantitative estimate of drug-likeness (QED) is 0.860. The fraction of sp³-hybridized carbons (Fsp3) is 0.500. The van der Waals surface area contributed by atoms with Crippen LogP contribution >= 0.6 is 0 Å². The maximum atomic E-state index is 12.8. The summed E-state index contributed by atoms with van der Waals surface area (Å²) in [6, 6.07) is 6.19. The van der Waals surface area contributed by atoms with Gasteiger partial charge < -0.3 is 15.4 Å². The lowest BCUT2D eigenvalue weighted by Gasteiger charge is -2.29. The van der Waals surface area contributed by atoms with Crippen molar-refractivity contribution in [1.29, 1.82) is 0 Å². The molecule has 8 heteroatoms. The van der Waals surface area contributed by atoms with Crippen LogP contribution in [0, 0.1) is 12.8 Å². The standard InChI is InChI=1S/C16H21F3N2O3/c1-10(2)13(24-15(20)23)8-21(9-16(17,18)19)14(22)12-6-4-11(3)5-7-12/h4-7,10,13H,8-9H2,1-3H3,(H2,20,23). The molecule has 0 saturated carbocycles. The van der Waals surface area contributed by atoms with E-state index in [2.05, 4.69) is 0 Å². The van der Waals surface area contributed by atoms with Gasteiger partial charge in [-0.05, 0) is 25.0 Å². The number of halogens is 3. The zero-order chi connectivity index (χ0) is 18.5. The van der Waals surface area contributed by atoms with Crippen LogP contribution in [0.1, 0.15) is 29.8 Å². The van der Waals surface area contributed by atoms with E-state index in [0.29, 0.717) is 4.90 Å². The molecule has 0 aliphatic rings. The summed E-state index contributed by atoms with van der Waals surface area (Å²) in [6.07, 6.45) is -6.60. The van der Waals surface area contributed by atoms with E-state index < -0.39 is 37.4 Å². The average molecular weight is 346 g/mol. The van der Waals surface area contributed by atoms with Crippen LogP contribution in [0.4, 0.5) is 18.0 Å². The van der Waals surface area contributed by atoms with Crippen molar-refractivity contribution in [3.63, 3.8) is 0 Å². The lowest BCUT2D eigenvalue weighted by molar-refractivity contribution is -0.143. The number of rotatable bonds is 6. The van der Waals surface area contributed by atoms with E-state index in [-0.39, 0.29) is 11.5 Å². The zero-order valence-electron chi connectivity index (χ0n) is 13.8. The van der Waals surface area contributed by atoms with Crippen molar-refractivity contribution in [2.45, 2.75) is 33.1 Å². The van der Waals surface area contributed by atoms with Crippen molar-refractivity contribution >= 4 is 12.0 Å². The van der Waals surface area contributed by atoms with Crippen molar-refractivity contribution in [3.05, 3.63) is 35.4 Å². The van der Waals surface area contributed by atoms with Gasteiger partial charge in [0.2, 0.25) is 0 Å². The molecule has 2 amide bonds. The van der Waals surface area contributed by atoms with E-state index in [4.69, 9.17) is 10.5 Å². The second kappa shape index (κ2) is 8.03. The first-order chi connectivity index (χ1) is 11.0. The first kappa shape index (κ1) is 19.8. The normalized spacial score (nSPS) is 12.8. The van der Waals surface area contributed by atoms with Gasteiger partial charge in [0.1, 0.15) is 12.6 Å². The van der Waals surface area contributed by atoms with E-state index in [9.17, 15) is 22.8 Å². The number of amides is 2. The Bertz CT molecular complexity index is 571. The molecule has 1 rings (SSSR count). The van der Waals surface area contributed by atoms with Gasteiger partial charge in [0.15, 0.2) is 0 Å². The van der Waals surface area contributed by atoms with Gasteiger partial charge in [0, 0.05) is 5.56 Å². The average Bonchev–Trinajstić information content (AvgIpc) is 2.43. The molecule has 0 saturated heterocycles. The van der Waals surface area contributed by atoms with E-state index in [1.165, 1.54) is 12.1 Å². The Balaban J connectivity index is 3.03. The first-order valence-electron chi connectivity index (χ1n) is 7.38. The van der Waals surface area contributed by atoms with Crippen molar-refractivity contribution < 1.29 is 27.5 Å². The Labute approximate surface area is 138 Å². The molecule has 1 aromatic carbocycles. The number of hydrogen-bond donors (Lipinski definition) is 1. The number of hydrogen-bond acceptors (Lipinski definition) is 3. The van der Waals surface area contributed by atoms with Gasteiger partial charge in [-0.2, -0.15) is 13.2 Å². The molecule has 0 heterocycles. The molecule has 1 aromatic rings. The van der Waals surface area contributed by atoms with Gasteiger partial charge in [0.05, 0.1) is 6.54 Å². The van der Waals surface area contributed by atoms with Crippen LogP contribution in [0.2, 0.25) is 0 Å². The molecule has 0 aliphatic heterocycles. The summed E-state index contributed by atoms with van der Waals surface area (Å²) in [5, 5.41) is 0. The fourth-order valence-corrected chi connectivity index (χ4v) is 2.06. The van der Waals surface area contributed by atoms with Crippen LogP contribution in [0.15, 0.2) is 24.3 Å². The molecule has 0 radical (unpaired) electrons. The number of alkyl halides is 3. The maximum Gasteiger partial charge on any atom is 0.406 e. The lowest BCUT2D eigenvalue weighted by Crippen LogP contribution is -2.46. The number of carbonyl (C=O) groups is 2. The number of nitrogens with two attached hydrogens (primary N) is 1. The van der Waals surface area contributed by atoms with Gasteiger partial charge in [0.25, 0.3) is 5.91 Å². The van der Waals surface area contributed by atoms with E-state index >= 15 is 0 Å². The summed E-state index contributed by atoms with van der Waals surface area (Å²) in [6.45, 7) is 3.29. The molecule has 0 aliphatic carbocycles. The highest BCUT2D eigenvalue weighted by Gasteiger charge is 2.35. The third-order valence-electron chi connectivity index (χ3n) is 3.37. The van der Waals surface area contributed by atoms with Crippen molar-refractivity contribution in [3.8, 4) is 0 Å². The third-order valence-corrected chi connectivity index (χ3v) is 3.37. The molecule has 1 unspecified atom stereocenters. The molecular weight excluding hydrogens is 325 g/mol. The predicted molar refractivity (Wildman–Crippen MR) is 82.4 cm³/mol. The van der Waals surface area contributed by atoms with Crippen LogP contribution in [0.5, 0.6) is 0 Å². The first-order valence-corrected chi connectivity index (χ1v) is 7.38. The summed E-state index contributed by atoms with van der Waals surface area (Å²) in [7, 11) is 0. The largest absolute Gasteiger partial charge is 0.444 e. The molecule has 0 aromatic heterocycles. The summed E-state index contributed by atoms with van der Waals surface area (Å²) in [4.78, 5) is 24.0. The number of primary amides is 1. The van der Waals surface area contributed by atoms with Crippen LogP contribution in [-0.4, -0.2) is 42.3 Å². The Morgan fingerprint density at radius 3 is 2.17 bits per heavy atom. The molecule has 5 nitrogen and oxygen atoms in total. The lowest BCUT2D eigenvalue weighted by atomic mass is 10.1. The second-order valence-corrected chi connectivity index (χ2v) is 5.89. The van der Waals surface area contributed by atoms with Crippen molar-refractivity contribution in [2.75, 3.05) is 13.1 Å². The SMILES string of the molecule is Cc1ccc(C(=O)N(CC(OC(N)=O)C(C)C)CC(F)(F)F)cc1. The predicted octanol–water partition coefficient (Wildman–Crippen LogP) is 3.12. The van der Waals surface area contributed by atoms with Crippen molar-refractivity contribution in [2.24, 2.45) is 11.7 Å². The molecular formula is C16H21F3N2O3. The highest BCUT2D eigenvalue weighted by atomic mass is 19.4. The topological polar surface area (TPSA) is 72.6 Å². The highest BCUT2D eigenvalue weighted by molar-refractivity contribution is 5.94. The minimum atomic E-state index is -4.57. The van der Waals surface area contributed by atoms with Gasteiger partial charge in [-0.3, -0.25) is 4.79 Å². The maximum absolute atomic E-state index is 12.8. The number of aryl methyl sites for hydroxylation is 1. The monoisotopic (exact) mass is 346 g/mol. The van der Waals surface area contributed by atoms with Gasteiger partial charge >= 0.3 is 12.3 Å².